The van der Waals surface area contributed by atoms with E-state index in [1.165, 1.54) is 22.3 Å². The molecule has 0 aliphatic carbocycles. The minimum atomic E-state index is 0.837. The molecule has 0 atom stereocenters. The van der Waals surface area contributed by atoms with E-state index in [1.54, 1.807) is 14.2 Å². The Morgan fingerprint density at radius 3 is 2.10 bits per heavy atom. The highest BCUT2D eigenvalue weighted by Gasteiger charge is 2.05. The molecule has 0 aliphatic heterocycles. The molecule has 0 radical (unpaired) electrons. The maximum atomic E-state index is 5.30. The Morgan fingerprint density at radius 2 is 1.52 bits per heavy atom. The summed E-state index contributed by atoms with van der Waals surface area (Å²) in [5.74, 6) is 1.67. The van der Waals surface area contributed by atoms with Gasteiger partial charge < -0.3 is 14.8 Å². The van der Waals surface area contributed by atoms with E-state index in [0.717, 1.165) is 24.6 Å². The number of quaternary nitrogens is 1. The third kappa shape index (κ3) is 4.23. The van der Waals surface area contributed by atoms with Crippen molar-refractivity contribution >= 4 is 0 Å². The van der Waals surface area contributed by atoms with Crippen molar-refractivity contribution in [3.8, 4) is 11.5 Å². The molecule has 0 amide bonds. The van der Waals surface area contributed by atoms with Crippen molar-refractivity contribution in [1.29, 1.82) is 0 Å². The van der Waals surface area contributed by atoms with Crippen LogP contribution in [0.3, 0.4) is 0 Å². The third-order valence-corrected chi connectivity index (χ3v) is 3.65. The molecule has 2 aromatic carbocycles. The molecule has 2 aromatic rings. The van der Waals surface area contributed by atoms with Crippen LogP contribution in [0.1, 0.15) is 22.3 Å². The first kappa shape index (κ1) is 15.4. The maximum Gasteiger partial charge on any atom is 0.123 e. The molecule has 0 saturated heterocycles. The summed E-state index contributed by atoms with van der Waals surface area (Å²) < 4.78 is 10.6. The van der Waals surface area contributed by atoms with Gasteiger partial charge in [-0.25, -0.2) is 0 Å². The number of ether oxygens (including phenoxy) is 2. The van der Waals surface area contributed by atoms with E-state index < -0.39 is 0 Å². The molecule has 0 aliphatic rings. The Hall–Kier alpha value is -2.00. The SMILES string of the molecule is COc1cc(C[NH2+]Cc2ccc(C)cc2C)cc(OC)c1. The van der Waals surface area contributed by atoms with Gasteiger partial charge in [-0.05, 0) is 31.5 Å². The molecule has 21 heavy (non-hydrogen) atoms. The minimum Gasteiger partial charge on any atom is -0.497 e. The number of methoxy groups -OCH3 is 2. The molecule has 112 valence electrons. The average Bonchev–Trinajstić information content (AvgIpc) is 2.49. The van der Waals surface area contributed by atoms with E-state index in [2.05, 4.69) is 49.5 Å². The first-order valence-electron chi connectivity index (χ1n) is 7.22. The lowest BCUT2D eigenvalue weighted by Gasteiger charge is -2.09. The van der Waals surface area contributed by atoms with E-state index in [-0.39, 0.29) is 0 Å². The predicted octanol–water partition coefficient (Wildman–Crippen LogP) is 2.58. The Morgan fingerprint density at radius 1 is 0.857 bits per heavy atom. The fraction of sp³-hybridized carbons (Fsp3) is 0.333. The van der Waals surface area contributed by atoms with Crippen molar-refractivity contribution in [2.75, 3.05) is 14.2 Å². The van der Waals surface area contributed by atoms with Gasteiger partial charge >= 0.3 is 0 Å². The summed E-state index contributed by atoms with van der Waals surface area (Å²) in [6.45, 7) is 6.18. The molecule has 0 aromatic heterocycles. The Bertz CT molecular complexity index is 586. The van der Waals surface area contributed by atoms with Crippen LogP contribution in [-0.4, -0.2) is 14.2 Å². The number of rotatable bonds is 6. The number of benzene rings is 2. The van der Waals surface area contributed by atoms with Gasteiger partial charge in [-0.15, -0.1) is 0 Å². The second-order valence-corrected chi connectivity index (χ2v) is 5.35. The number of hydrogen-bond donors (Lipinski definition) is 1. The van der Waals surface area contributed by atoms with Crippen LogP contribution in [-0.2, 0) is 13.1 Å². The molecule has 0 heterocycles. The van der Waals surface area contributed by atoms with Crippen LogP contribution in [0.5, 0.6) is 11.5 Å². The fourth-order valence-electron chi connectivity index (χ4n) is 2.45. The largest absolute Gasteiger partial charge is 0.497 e. The molecule has 0 bridgehead atoms. The second kappa shape index (κ2) is 7.14. The highest BCUT2D eigenvalue weighted by atomic mass is 16.5. The van der Waals surface area contributed by atoms with Crippen LogP contribution in [0.2, 0.25) is 0 Å². The molecular formula is C18H24NO2+. The number of nitrogens with two attached hydrogens (primary N) is 1. The van der Waals surface area contributed by atoms with Gasteiger partial charge in [0.15, 0.2) is 0 Å². The molecule has 2 rings (SSSR count). The van der Waals surface area contributed by atoms with Gasteiger partial charge in [0.05, 0.1) is 14.2 Å². The summed E-state index contributed by atoms with van der Waals surface area (Å²) in [5, 5.41) is 2.30. The molecule has 0 unspecified atom stereocenters. The quantitative estimate of drug-likeness (QED) is 0.886. The van der Waals surface area contributed by atoms with Crippen molar-refractivity contribution in [3.63, 3.8) is 0 Å². The minimum absolute atomic E-state index is 0.837. The Balaban J connectivity index is 1.99. The van der Waals surface area contributed by atoms with E-state index in [4.69, 9.17) is 9.47 Å². The van der Waals surface area contributed by atoms with Crippen LogP contribution in [0.15, 0.2) is 36.4 Å². The summed E-state index contributed by atoms with van der Waals surface area (Å²) in [7, 11) is 3.36. The van der Waals surface area contributed by atoms with Gasteiger partial charge in [0.25, 0.3) is 0 Å². The van der Waals surface area contributed by atoms with Crippen molar-refractivity contribution in [2.45, 2.75) is 26.9 Å². The lowest BCUT2D eigenvalue weighted by molar-refractivity contribution is -0.686. The van der Waals surface area contributed by atoms with Crippen molar-refractivity contribution in [2.24, 2.45) is 0 Å². The van der Waals surface area contributed by atoms with E-state index in [1.807, 2.05) is 6.07 Å². The van der Waals surface area contributed by atoms with Gasteiger partial charge in [0.1, 0.15) is 24.6 Å². The van der Waals surface area contributed by atoms with Gasteiger partial charge in [-0.1, -0.05) is 23.8 Å². The van der Waals surface area contributed by atoms with Crippen LogP contribution < -0.4 is 14.8 Å². The molecule has 3 nitrogen and oxygen atoms in total. The summed E-state index contributed by atoms with van der Waals surface area (Å²) in [6.07, 6.45) is 0. The molecule has 0 fully saturated rings. The molecular weight excluding hydrogens is 262 g/mol. The zero-order valence-corrected chi connectivity index (χ0v) is 13.3. The highest BCUT2D eigenvalue weighted by Crippen LogP contribution is 2.21. The monoisotopic (exact) mass is 286 g/mol. The van der Waals surface area contributed by atoms with E-state index in [9.17, 15) is 0 Å². The van der Waals surface area contributed by atoms with Crippen LogP contribution in [0, 0.1) is 13.8 Å². The van der Waals surface area contributed by atoms with Crippen LogP contribution in [0.4, 0.5) is 0 Å². The standard InChI is InChI=1S/C18H23NO2/c1-13-5-6-16(14(2)7-13)12-19-11-15-8-17(20-3)10-18(9-15)21-4/h5-10,19H,11-12H2,1-4H3/p+1. The normalized spacial score (nSPS) is 10.5. The topological polar surface area (TPSA) is 35.1 Å². The molecule has 2 N–H and O–H groups in total. The molecule has 3 heteroatoms. The second-order valence-electron chi connectivity index (χ2n) is 5.35. The summed E-state index contributed by atoms with van der Waals surface area (Å²) in [6, 6.07) is 12.6. The fourth-order valence-corrected chi connectivity index (χ4v) is 2.45. The lowest BCUT2D eigenvalue weighted by atomic mass is 10.1. The van der Waals surface area contributed by atoms with E-state index >= 15 is 0 Å². The van der Waals surface area contributed by atoms with Crippen LogP contribution >= 0.6 is 0 Å². The summed E-state index contributed by atoms with van der Waals surface area (Å²) in [5.41, 5.74) is 5.26. The number of hydrogen-bond acceptors (Lipinski definition) is 2. The molecule has 0 saturated carbocycles. The van der Waals surface area contributed by atoms with E-state index in [0.29, 0.717) is 0 Å². The predicted molar refractivity (Wildman–Crippen MR) is 84.8 cm³/mol. The number of aryl methyl sites for hydroxylation is 2. The first-order valence-corrected chi connectivity index (χ1v) is 7.22. The third-order valence-electron chi connectivity index (χ3n) is 3.65. The highest BCUT2D eigenvalue weighted by molar-refractivity contribution is 5.38. The average molecular weight is 286 g/mol. The zero-order chi connectivity index (χ0) is 15.2. The van der Waals surface area contributed by atoms with Crippen LogP contribution in [0.25, 0.3) is 0 Å². The lowest BCUT2D eigenvalue weighted by Crippen LogP contribution is -2.80. The summed E-state index contributed by atoms with van der Waals surface area (Å²) >= 11 is 0. The van der Waals surface area contributed by atoms with Gasteiger partial charge in [-0.3, -0.25) is 0 Å². The molecule has 0 spiro atoms. The van der Waals surface area contributed by atoms with Crippen molar-refractivity contribution in [1.82, 2.24) is 0 Å². The van der Waals surface area contributed by atoms with Crippen molar-refractivity contribution in [3.05, 3.63) is 58.7 Å². The Kier molecular flexibility index (Phi) is 5.23. The zero-order valence-electron chi connectivity index (χ0n) is 13.3. The van der Waals surface area contributed by atoms with Gasteiger partial charge in [-0.2, -0.15) is 0 Å². The smallest absolute Gasteiger partial charge is 0.123 e. The van der Waals surface area contributed by atoms with Gasteiger partial charge in [0.2, 0.25) is 0 Å². The Labute approximate surface area is 126 Å². The van der Waals surface area contributed by atoms with Gasteiger partial charge in [0, 0.05) is 17.2 Å². The maximum absolute atomic E-state index is 5.30. The first-order chi connectivity index (χ1) is 10.1. The van der Waals surface area contributed by atoms with Crippen molar-refractivity contribution < 1.29 is 14.8 Å². The summed E-state index contributed by atoms with van der Waals surface area (Å²) in [4.78, 5) is 0.